The predicted octanol–water partition coefficient (Wildman–Crippen LogP) is 1.52. The molecule has 0 amide bonds. The van der Waals surface area contributed by atoms with E-state index in [1.807, 2.05) is 20.8 Å². The first-order chi connectivity index (χ1) is 14.5. The van der Waals surface area contributed by atoms with Gasteiger partial charge in [0.1, 0.15) is 11.5 Å². The molecule has 4 N–H and O–H groups in total. The van der Waals surface area contributed by atoms with Gasteiger partial charge in [0.2, 0.25) is 5.79 Å². The van der Waals surface area contributed by atoms with Crippen LogP contribution in [-0.2, 0) is 14.3 Å². The number of aliphatic hydroxyl groups is 4. The maximum absolute atomic E-state index is 13.7. The lowest BCUT2D eigenvalue weighted by atomic mass is 9.35. The van der Waals surface area contributed by atoms with E-state index < -0.39 is 70.2 Å². The van der Waals surface area contributed by atoms with Crippen LogP contribution in [0.3, 0.4) is 0 Å². The van der Waals surface area contributed by atoms with Crippen molar-refractivity contribution in [3.8, 4) is 0 Å². The van der Waals surface area contributed by atoms with Crippen LogP contribution in [0.5, 0.6) is 0 Å². The van der Waals surface area contributed by atoms with Gasteiger partial charge in [0.05, 0.1) is 17.6 Å². The molecule has 6 rings (SSSR count). The second-order valence-corrected chi connectivity index (χ2v) is 11.2. The molecule has 31 heavy (non-hydrogen) atoms. The third-order valence-corrected chi connectivity index (χ3v) is 9.67. The van der Waals surface area contributed by atoms with E-state index in [2.05, 4.69) is 6.58 Å². The Hall–Kier alpha value is -0.830. The number of carbonyl (C=O) groups is 1. The first-order valence-corrected chi connectivity index (χ1v) is 11.8. The summed E-state index contributed by atoms with van der Waals surface area (Å²) in [4.78, 5) is 13.7. The Kier molecular flexibility index (Phi) is 4.69. The van der Waals surface area contributed by atoms with Crippen molar-refractivity contribution in [2.75, 3.05) is 6.61 Å². The summed E-state index contributed by atoms with van der Waals surface area (Å²) in [5.41, 5.74) is -2.98. The van der Waals surface area contributed by atoms with E-state index in [0.717, 1.165) is 12.8 Å². The summed E-state index contributed by atoms with van der Waals surface area (Å²) >= 11 is 0. The van der Waals surface area contributed by atoms with Gasteiger partial charge >= 0.3 is 0 Å². The molecule has 2 aliphatic heterocycles. The first kappa shape index (κ1) is 22.0. The van der Waals surface area contributed by atoms with E-state index in [1.54, 1.807) is 0 Å². The van der Waals surface area contributed by atoms with E-state index in [0.29, 0.717) is 32.3 Å². The van der Waals surface area contributed by atoms with E-state index in [1.165, 1.54) is 0 Å². The smallest absolute Gasteiger partial charge is 0.211 e. The highest BCUT2D eigenvalue weighted by molar-refractivity contribution is 6.05. The summed E-state index contributed by atoms with van der Waals surface area (Å²) in [5.74, 6) is -4.33. The van der Waals surface area contributed by atoms with Crippen molar-refractivity contribution in [1.29, 1.82) is 0 Å². The van der Waals surface area contributed by atoms with Gasteiger partial charge in [-0.15, -0.1) is 0 Å². The van der Waals surface area contributed by atoms with Crippen LogP contribution in [0.4, 0.5) is 0 Å². The molecular formula is C24H36O7. The van der Waals surface area contributed by atoms with Crippen LogP contribution in [0.15, 0.2) is 12.2 Å². The van der Waals surface area contributed by atoms with Gasteiger partial charge in [0.15, 0.2) is 12.1 Å². The lowest BCUT2D eigenvalue weighted by Crippen LogP contribution is -2.88. The van der Waals surface area contributed by atoms with Crippen LogP contribution in [0.1, 0.15) is 59.3 Å². The number of unbranched alkanes of at least 4 members (excludes halogenated alkanes) is 1. The fourth-order valence-electron chi connectivity index (χ4n) is 8.45. The molecule has 2 saturated heterocycles. The Labute approximate surface area is 183 Å². The molecule has 4 saturated carbocycles. The number of aliphatic hydroxyl groups excluding tert-OH is 3. The molecule has 0 radical (unpaired) electrons. The zero-order valence-electron chi connectivity index (χ0n) is 18.7. The maximum atomic E-state index is 13.7. The second-order valence-electron chi connectivity index (χ2n) is 11.2. The number of ether oxygens (including phenoxy) is 2. The average molecular weight is 437 g/mol. The van der Waals surface area contributed by atoms with E-state index in [9.17, 15) is 25.2 Å². The first-order valence-electron chi connectivity index (χ1n) is 11.8. The minimum atomic E-state index is -2.30. The number of carbonyl (C=O) groups excluding carboxylic acids is 1. The average Bonchev–Trinajstić information content (AvgIpc) is 2.82. The molecule has 4 bridgehead atoms. The fraction of sp³-hybridized carbons (Fsp3) is 0.875. The molecule has 0 aromatic carbocycles. The molecule has 10 unspecified atom stereocenters. The van der Waals surface area contributed by atoms with Gasteiger partial charge in [-0.05, 0) is 49.0 Å². The molecule has 174 valence electrons. The van der Waals surface area contributed by atoms with Crippen LogP contribution in [0.25, 0.3) is 0 Å². The van der Waals surface area contributed by atoms with Crippen molar-refractivity contribution in [3.05, 3.63) is 12.2 Å². The Morgan fingerprint density at radius 3 is 2.55 bits per heavy atom. The number of fused-ring (bicyclic) bond motifs is 2. The Morgan fingerprint density at radius 1 is 1.16 bits per heavy atom. The molecule has 2 spiro atoms. The third kappa shape index (κ3) is 2.19. The van der Waals surface area contributed by atoms with Crippen LogP contribution < -0.4 is 0 Å². The van der Waals surface area contributed by atoms with Gasteiger partial charge in [-0.1, -0.05) is 33.8 Å². The van der Waals surface area contributed by atoms with E-state index in [-0.39, 0.29) is 5.57 Å². The zero-order valence-corrected chi connectivity index (χ0v) is 18.7. The van der Waals surface area contributed by atoms with Crippen molar-refractivity contribution in [1.82, 2.24) is 0 Å². The summed E-state index contributed by atoms with van der Waals surface area (Å²) in [6, 6.07) is 0. The van der Waals surface area contributed by atoms with Crippen LogP contribution in [0.2, 0.25) is 0 Å². The Bertz CT molecular complexity index is 810. The van der Waals surface area contributed by atoms with Crippen LogP contribution in [-0.4, -0.2) is 63.2 Å². The maximum Gasteiger partial charge on any atom is 0.211 e. The summed E-state index contributed by atoms with van der Waals surface area (Å²) < 4.78 is 12.3. The molecule has 7 nitrogen and oxygen atoms in total. The molecular weight excluding hydrogens is 400 g/mol. The van der Waals surface area contributed by atoms with Gasteiger partial charge in [-0.25, -0.2) is 0 Å². The quantitative estimate of drug-likeness (QED) is 0.390. The Morgan fingerprint density at radius 2 is 1.87 bits per heavy atom. The number of ketones is 1. The van der Waals surface area contributed by atoms with Gasteiger partial charge in [-0.3, -0.25) is 4.79 Å². The minimum Gasteiger partial charge on any atom is -0.392 e. The summed E-state index contributed by atoms with van der Waals surface area (Å²) in [6.07, 6.45) is -0.575. The van der Waals surface area contributed by atoms with Crippen molar-refractivity contribution in [3.63, 3.8) is 0 Å². The summed E-state index contributed by atoms with van der Waals surface area (Å²) in [5, 5.41) is 46.6. The highest BCUT2D eigenvalue weighted by atomic mass is 16.8. The topological polar surface area (TPSA) is 116 Å². The van der Waals surface area contributed by atoms with Crippen molar-refractivity contribution in [2.24, 2.45) is 34.0 Å². The minimum absolute atomic E-state index is 0.285. The number of Topliss-reactive ketones (excluding diaryl/α,β-unsaturated/α-hetero) is 1. The van der Waals surface area contributed by atoms with Gasteiger partial charge in [0, 0.05) is 18.4 Å². The second kappa shape index (κ2) is 6.61. The van der Waals surface area contributed by atoms with E-state index >= 15 is 0 Å². The van der Waals surface area contributed by atoms with Gasteiger partial charge in [-0.2, -0.15) is 0 Å². The largest absolute Gasteiger partial charge is 0.392 e. The molecule has 2 heterocycles. The highest BCUT2D eigenvalue weighted by Gasteiger charge is 2.89. The summed E-state index contributed by atoms with van der Waals surface area (Å²) in [6.45, 7) is 10.4. The van der Waals surface area contributed by atoms with Crippen molar-refractivity contribution >= 4 is 5.78 Å². The monoisotopic (exact) mass is 436 g/mol. The molecule has 7 heteroatoms. The Balaban J connectivity index is 1.76. The van der Waals surface area contributed by atoms with Gasteiger partial charge < -0.3 is 29.9 Å². The van der Waals surface area contributed by atoms with E-state index in [4.69, 9.17) is 9.47 Å². The molecule has 4 aliphatic carbocycles. The lowest BCUT2D eigenvalue weighted by Gasteiger charge is -2.76. The molecule has 10 atom stereocenters. The lowest BCUT2D eigenvalue weighted by molar-refractivity contribution is -0.511. The molecule has 0 aromatic rings. The molecule has 6 fully saturated rings. The standard InChI is InChI=1S/C24H36O7/c1-5-6-11-30-20-22-14-8-7-13-12(2)17(26)23(14,18(13)27)24(29,31-20)19(28)16(22)21(3,4)10-9-15(22)25/h13-16,18-20,25,27-29H,2,5-11H2,1,3-4H3. The van der Waals surface area contributed by atoms with Crippen molar-refractivity contribution < 1.29 is 34.7 Å². The predicted molar refractivity (Wildman–Crippen MR) is 110 cm³/mol. The third-order valence-electron chi connectivity index (χ3n) is 9.67. The van der Waals surface area contributed by atoms with Crippen LogP contribution in [0, 0.1) is 34.0 Å². The normalized spacial score (nSPS) is 54.6. The van der Waals surface area contributed by atoms with Crippen molar-refractivity contribution in [2.45, 2.75) is 89.7 Å². The SMILES string of the molecule is C=C1C(=O)C23C(O)C1CCC2C12C(O)CCC(C)(C)C1C(O)C3(O)OC2OCCCC. The fourth-order valence-corrected chi connectivity index (χ4v) is 8.45. The van der Waals surface area contributed by atoms with Crippen LogP contribution >= 0.6 is 0 Å². The number of rotatable bonds is 4. The summed E-state index contributed by atoms with van der Waals surface area (Å²) in [7, 11) is 0. The number of hydrogen-bond donors (Lipinski definition) is 4. The highest BCUT2D eigenvalue weighted by Crippen LogP contribution is 2.78. The molecule has 6 aliphatic rings. The zero-order chi connectivity index (χ0) is 22.6. The molecule has 0 aromatic heterocycles. The number of hydrogen-bond acceptors (Lipinski definition) is 7. The van der Waals surface area contributed by atoms with Gasteiger partial charge in [0.25, 0.3) is 0 Å².